The molecule has 6 heterocycles. The Morgan fingerprint density at radius 1 is 0.645 bits per heavy atom. The fraction of sp³-hybridized carbons (Fsp3) is 0.0833. The first-order valence-corrected chi connectivity index (χ1v) is 20.1. The molecule has 0 bridgehead atoms. The molecule has 4 aromatic heterocycles. The summed E-state index contributed by atoms with van der Waals surface area (Å²) in [5.74, 6) is 2.32. The quantitative estimate of drug-likeness (QED) is 0.122. The Balaban J connectivity index is 1.40. The van der Waals surface area contributed by atoms with Crippen LogP contribution in [-0.2, 0) is 0 Å². The summed E-state index contributed by atoms with van der Waals surface area (Å²) in [7, 11) is -2.17. The average molecular weight is 806 g/mol. The van der Waals surface area contributed by atoms with Crippen LogP contribution in [0.5, 0.6) is 23.0 Å². The second kappa shape index (κ2) is 14.4. The predicted molar refractivity (Wildman–Crippen MR) is 237 cm³/mol. The molecule has 0 aliphatic carbocycles. The van der Waals surface area contributed by atoms with Gasteiger partial charge < -0.3 is 27.6 Å². The lowest BCUT2D eigenvalue weighted by atomic mass is 9.99. The van der Waals surface area contributed by atoms with Crippen molar-refractivity contribution < 1.29 is 18.6 Å². The number of hydrogen-bond acceptors (Lipinski definition) is 9. The second-order valence-corrected chi connectivity index (χ2v) is 15.3. The zero-order chi connectivity index (χ0) is 42.1. The van der Waals surface area contributed by atoms with Crippen LogP contribution in [0, 0.1) is 24.8 Å². The molecule has 0 saturated heterocycles. The number of rotatable bonds is 6. The van der Waals surface area contributed by atoms with Crippen molar-refractivity contribution in [2.24, 2.45) is 0 Å². The van der Waals surface area contributed by atoms with Gasteiger partial charge in [0.1, 0.15) is 34.6 Å². The van der Waals surface area contributed by atoms with Crippen molar-refractivity contribution in [3.63, 3.8) is 0 Å². The molecule has 9 aromatic rings. The minimum absolute atomic E-state index is 0.145. The zero-order valence-electron chi connectivity index (χ0n) is 33.6. The highest BCUT2D eigenvalue weighted by molar-refractivity contribution is 6.49. The van der Waals surface area contributed by atoms with Gasteiger partial charge in [0.05, 0.1) is 34.0 Å². The SMILES string of the molecule is [C-]#[N+]/C(c1ncc2ccccc2n1)=c1\c2c(C(C)C)n(B3Oc4ccccc4O3)/c(=C(/C#N)c3ncc4ccccc4n3)c2c(-c2ccccc2C)n1B1Oc2ccccc2O1. The Kier molecular flexibility index (Phi) is 8.55. The molecule has 14 heteroatoms. The number of fused-ring (bicyclic) bond motifs is 5. The van der Waals surface area contributed by atoms with Crippen LogP contribution in [0.1, 0.15) is 42.7 Å². The minimum Gasteiger partial charge on any atom is -0.503 e. The summed E-state index contributed by atoms with van der Waals surface area (Å²) in [5.41, 5.74) is 4.71. The first kappa shape index (κ1) is 36.7. The van der Waals surface area contributed by atoms with Gasteiger partial charge in [0.15, 0.2) is 11.6 Å². The standard InChI is InChI=1S/C48H32B2N8O4/c1-28(2)43-40-41(45(57(43)49-59-36-21-11-12-22-37(36)60-49)33(25-51)47-53-26-30-16-6-9-19-34(30)55-47)44(32-18-8-5-15-29(32)3)58(50-61-38-23-13-14-24-39(38)62-50)46(40)42(52-4)48-54-27-31-17-7-10-20-35(31)56-48/h5-24,26-28H,1-3H3/b45-33-,46-42+. The van der Waals surface area contributed by atoms with Gasteiger partial charge in [0.2, 0.25) is 0 Å². The predicted octanol–water partition coefficient (Wildman–Crippen LogP) is 7.84. The van der Waals surface area contributed by atoms with E-state index in [1.54, 1.807) is 12.4 Å². The van der Waals surface area contributed by atoms with E-state index < -0.39 is 14.5 Å². The normalized spacial score (nSPS) is 13.8. The van der Waals surface area contributed by atoms with E-state index in [0.29, 0.717) is 66.9 Å². The smallest absolute Gasteiger partial charge is 0.503 e. The van der Waals surface area contributed by atoms with Crippen LogP contribution in [0.4, 0.5) is 0 Å². The van der Waals surface area contributed by atoms with Gasteiger partial charge in [-0.05, 0) is 54.8 Å². The van der Waals surface area contributed by atoms with Crippen LogP contribution in [0.25, 0.3) is 60.0 Å². The number of para-hydroxylation sites is 6. The highest BCUT2D eigenvalue weighted by Gasteiger charge is 2.45. The molecule has 0 N–H and O–H groups in total. The maximum atomic E-state index is 11.5. The topological polar surface area (TPSA) is 126 Å². The van der Waals surface area contributed by atoms with Crippen LogP contribution in [0.2, 0.25) is 0 Å². The van der Waals surface area contributed by atoms with E-state index in [9.17, 15) is 5.26 Å². The van der Waals surface area contributed by atoms with Gasteiger partial charge in [-0.3, -0.25) is 0 Å². The lowest BCUT2D eigenvalue weighted by molar-refractivity contribution is 0.473. The first-order chi connectivity index (χ1) is 30.4. The number of aromatic nitrogens is 6. The number of hydrogen-bond donors (Lipinski definition) is 0. The molecular weight excluding hydrogens is 774 g/mol. The summed E-state index contributed by atoms with van der Waals surface area (Å²) in [6.07, 6.45) is 3.45. The maximum absolute atomic E-state index is 11.5. The monoisotopic (exact) mass is 806 g/mol. The Morgan fingerprint density at radius 3 is 1.69 bits per heavy atom. The molecule has 11 rings (SSSR count). The maximum Gasteiger partial charge on any atom is 0.743 e. The van der Waals surface area contributed by atoms with Gasteiger partial charge in [0, 0.05) is 45.2 Å². The molecule has 2 aliphatic heterocycles. The van der Waals surface area contributed by atoms with Crippen LogP contribution >= 0.6 is 0 Å². The molecule has 0 spiro atoms. The van der Waals surface area contributed by atoms with Gasteiger partial charge in [-0.15, -0.1) is 0 Å². The summed E-state index contributed by atoms with van der Waals surface area (Å²) >= 11 is 0. The molecule has 0 atom stereocenters. The van der Waals surface area contributed by atoms with E-state index in [0.717, 1.165) is 21.9 Å². The largest absolute Gasteiger partial charge is 0.743 e. The van der Waals surface area contributed by atoms with Gasteiger partial charge in [0.25, 0.3) is 5.70 Å². The van der Waals surface area contributed by atoms with Crippen molar-refractivity contribution in [1.29, 1.82) is 5.26 Å². The minimum atomic E-state index is -1.10. The Labute approximate surface area is 355 Å². The lowest BCUT2D eigenvalue weighted by Gasteiger charge is -2.18. The van der Waals surface area contributed by atoms with Crippen LogP contribution < -0.4 is 29.3 Å². The molecule has 0 fully saturated rings. The molecule has 2 aliphatic rings. The fourth-order valence-electron chi connectivity index (χ4n) is 8.59. The molecule has 0 amide bonds. The number of nitriles is 1. The van der Waals surface area contributed by atoms with Crippen LogP contribution in [0.15, 0.2) is 134 Å². The molecule has 12 nitrogen and oxygen atoms in total. The second-order valence-electron chi connectivity index (χ2n) is 15.3. The van der Waals surface area contributed by atoms with E-state index in [1.807, 2.05) is 137 Å². The molecule has 0 radical (unpaired) electrons. The molecule has 0 saturated carbocycles. The van der Waals surface area contributed by atoms with Crippen LogP contribution in [-0.4, -0.2) is 43.4 Å². The summed E-state index contributed by atoms with van der Waals surface area (Å²) < 4.78 is 30.5. The number of aryl methyl sites for hydroxylation is 1. The van der Waals surface area contributed by atoms with Crippen molar-refractivity contribution in [2.75, 3.05) is 0 Å². The van der Waals surface area contributed by atoms with Gasteiger partial charge >= 0.3 is 14.5 Å². The van der Waals surface area contributed by atoms with Crippen molar-refractivity contribution in [3.8, 4) is 40.3 Å². The van der Waals surface area contributed by atoms with E-state index in [4.69, 9.17) is 45.1 Å². The molecule has 62 heavy (non-hydrogen) atoms. The third-order valence-electron chi connectivity index (χ3n) is 11.3. The summed E-state index contributed by atoms with van der Waals surface area (Å²) in [5, 5.41) is 15.3. The molecular formula is C48H32B2N8O4. The fourth-order valence-corrected chi connectivity index (χ4v) is 8.59. The lowest BCUT2D eigenvalue weighted by Crippen LogP contribution is -2.45. The van der Waals surface area contributed by atoms with E-state index >= 15 is 0 Å². The van der Waals surface area contributed by atoms with Crippen molar-refractivity contribution in [3.05, 3.63) is 179 Å². The summed E-state index contributed by atoms with van der Waals surface area (Å²) in [6, 6.07) is 40.7. The number of nitrogens with zero attached hydrogens (tertiary/aromatic N) is 8. The molecule has 294 valence electrons. The van der Waals surface area contributed by atoms with E-state index in [1.165, 1.54) is 0 Å². The Morgan fingerprint density at radius 2 is 1.15 bits per heavy atom. The Hall–Kier alpha value is -8.35. The van der Waals surface area contributed by atoms with Crippen LogP contribution in [0.3, 0.4) is 0 Å². The first-order valence-electron chi connectivity index (χ1n) is 20.1. The highest BCUT2D eigenvalue weighted by Crippen LogP contribution is 2.40. The van der Waals surface area contributed by atoms with Crippen molar-refractivity contribution in [2.45, 2.75) is 26.7 Å². The summed E-state index contributed by atoms with van der Waals surface area (Å²) in [4.78, 5) is 23.8. The molecule has 0 unspecified atom stereocenters. The van der Waals surface area contributed by atoms with Crippen molar-refractivity contribution in [1.82, 2.24) is 28.9 Å². The third-order valence-corrected chi connectivity index (χ3v) is 11.3. The van der Waals surface area contributed by atoms with E-state index in [2.05, 4.69) is 24.8 Å². The third kappa shape index (κ3) is 5.69. The zero-order valence-corrected chi connectivity index (χ0v) is 33.6. The van der Waals surface area contributed by atoms with Gasteiger partial charge in [-0.1, -0.05) is 98.8 Å². The summed E-state index contributed by atoms with van der Waals surface area (Å²) in [6.45, 7) is 15.1. The average Bonchev–Trinajstić information content (AvgIpc) is 4.08. The number of benzene rings is 5. The van der Waals surface area contributed by atoms with Crippen molar-refractivity contribution >= 4 is 58.4 Å². The molecule has 5 aromatic carbocycles. The Bertz CT molecular complexity index is 3400. The van der Waals surface area contributed by atoms with Gasteiger partial charge in [-0.25, -0.2) is 24.8 Å². The van der Waals surface area contributed by atoms with E-state index in [-0.39, 0.29) is 28.8 Å². The highest BCUT2D eigenvalue weighted by atomic mass is 16.6. The van der Waals surface area contributed by atoms with Gasteiger partial charge in [-0.2, -0.15) is 5.26 Å².